The highest BCUT2D eigenvalue weighted by Gasteiger charge is 2.48. The summed E-state index contributed by atoms with van der Waals surface area (Å²) in [5.74, 6) is 0. The average molecular weight is 331 g/mol. The highest BCUT2D eigenvalue weighted by molar-refractivity contribution is 5.07. The molecule has 0 aliphatic carbocycles. The van der Waals surface area contributed by atoms with Gasteiger partial charge in [0.25, 0.3) is 0 Å². The standard InChI is InChI=1S/C11H21N7O5/c12-3-6-4-18(17-15-6)8-10(21)9(20)7(5-19)23-11(8)22-2-1-14-16-13/h4,7-11,15,17,19-21H,1-3,5,12H2/t7?,8?,9-,10-,11+/m1/s1. The van der Waals surface area contributed by atoms with Crippen LogP contribution in [-0.4, -0.2) is 77.3 Å². The van der Waals surface area contributed by atoms with E-state index in [1.807, 2.05) is 0 Å². The van der Waals surface area contributed by atoms with Crippen molar-refractivity contribution in [1.82, 2.24) is 16.0 Å². The zero-order valence-corrected chi connectivity index (χ0v) is 12.3. The lowest BCUT2D eigenvalue weighted by molar-refractivity contribution is -0.286. The Hall–Kier alpha value is -1.63. The number of nitrogens with one attached hydrogen (secondary N) is 2. The molecule has 0 amide bonds. The minimum absolute atomic E-state index is 0.0565. The Bertz CT molecular complexity index is 472. The van der Waals surface area contributed by atoms with Gasteiger partial charge in [-0.15, -0.1) is 5.53 Å². The lowest BCUT2D eigenvalue weighted by Crippen LogP contribution is -2.66. The maximum atomic E-state index is 10.4. The summed E-state index contributed by atoms with van der Waals surface area (Å²) in [5, 5.41) is 34.5. The van der Waals surface area contributed by atoms with Crippen LogP contribution in [0.3, 0.4) is 0 Å². The lowest BCUT2D eigenvalue weighted by Gasteiger charge is -2.45. The number of azide groups is 1. The van der Waals surface area contributed by atoms with Gasteiger partial charge in [-0.2, -0.15) is 0 Å². The largest absolute Gasteiger partial charge is 0.394 e. The molecule has 2 rings (SSSR count). The molecule has 2 aliphatic heterocycles. The van der Waals surface area contributed by atoms with Crippen LogP contribution in [0.4, 0.5) is 0 Å². The van der Waals surface area contributed by atoms with Gasteiger partial charge in [0.05, 0.1) is 18.9 Å². The van der Waals surface area contributed by atoms with E-state index in [0.717, 1.165) is 0 Å². The Morgan fingerprint density at radius 1 is 1.48 bits per heavy atom. The van der Waals surface area contributed by atoms with Crippen molar-refractivity contribution in [3.8, 4) is 0 Å². The van der Waals surface area contributed by atoms with Crippen molar-refractivity contribution in [2.24, 2.45) is 10.8 Å². The third kappa shape index (κ3) is 4.02. The number of ether oxygens (including phenoxy) is 2. The molecule has 2 unspecified atom stereocenters. The first kappa shape index (κ1) is 17.7. The van der Waals surface area contributed by atoms with E-state index in [1.54, 1.807) is 6.20 Å². The fourth-order valence-electron chi connectivity index (χ4n) is 2.39. The summed E-state index contributed by atoms with van der Waals surface area (Å²) in [4.78, 5) is 2.61. The molecule has 12 nitrogen and oxygen atoms in total. The van der Waals surface area contributed by atoms with Gasteiger partial charge in [-0.25, -0.2) is 0 Å². The molecule has 23 heavy (non-hydrogen) atoms. The van der Waals surface area contributed by atoms with E-state index in [1.165, 1.54) is 5.01 Å². The van der Waals surface area contributed by atoms with Crippen LogP contribution in [0.25, 0.3) is 10.4 Å². The van der Waals surface area contributed by atoms with Crippen LogP contribution in [0.1, 0.15) is 0 Å². The first-order valence-corrected chi connectivity index (χ1v) is 7.08. The van der Waals surface area contributed by atoms with E-state index in [0.29, 0.717) is 5.70 Å². The van der Waals surface area contributed by atoms with E-state index < -0.39 is 37.3 Å². The zero-order valence-electron chi connectivity index (χ0n) is 12.3. The van der Waals surface area contributed by atoms with Gasteiger partial charge in [-0.05, 0) is 5.53 Å². The van der Waals surface area contributed by atoms with Gasteiger partial charge < -0.3 is 36.0 Å². The monoisotopic (exact) mass is 331 g/mol. The van der Waals surface area contributed by atoms with Gasteiger partial charge in [-0.3, -0.25) is 5.01 Å². The molecule has 0 aromatic heterocycles. The molecule has 0 radical (unpaired) electrons. The molecule has 0 aromatic carbocycles. The summed E-state index contributed by atoms with van der Waals surface area (Å²) in [5.41, 5.74) is 20.0. The number of hydrazine groups is 2. The molecule has 12 heteroatoms. The van der Waals surface area contributed by atoms with Crippen LogP contribution in [0.5, 0.6) is 0 Å². The second kappa shape index (κ2) is 8.29. The Morgan fingerprint density at radius 3 is 2.87 bits per heavy atom. The number of hydrogen-bond acceptors (Lipinski definition) is 10. The summed E-state index contributed by atoms with van der Waals surface area (Å²) in [7, 11) is 0. The van der Waals surface area contributed by atoms with Gasteiger partial charge in [0.15, 0.2) is 6.29 Å². The van der Waals surface area contributed by atoms with Gasteiger partial charge in [-0.1, -0.05) is 5.11 Å². The topological polar surface area (TPSA) is 181 Å². The van der Waals surface area contributed by atoms with E-state index in [9.17, 15) is 15.3 Å². The van der Waals surface area contributed by atoms with Crippen molar-refractivity contribution < 1.29 is 24.8 Å². The number of nitrogens with zero attached hydrogens (tertiary/aromatic N) is 4. The molecule has 1 saturated heterocycles. The average Bonchev–Trinajstić information content (AvgIpc) is 3.03. The molecule has 5 atom stereocenters. The van der Waals surface area contributed by atoms with Gasteiger partial charge in [0.1, 0.15) is 24.4 Å². The lowest BCUT2D eigenvalue weighted by atomic mass is 9.96. The maximum absolute atomic E-state index is 10.4. The van der Waals surface area contributed by atoms with Gasteiger partial charge >= 0.3 is 0 Å². The van der Waals surface area contributed by atoms with Crippen molar-refractivity contribution in [3.63, 3.8) is 0 Å². The van der Waals surface area contributed by atoms with E-state index in [4.69, 9.17) is 20.7 Å². The third-order valence-electron chi connectivity index (χ3n) is 3.57. The molecule has 2 heterocycles. The Balaban J connectivity index is 2.11. The van der Waals surface area contributed by atoms with Gasteiger partial charge in [0.2, 0.25) is 0 Å². The Morgan fingerprint density at radius 2 is 2.26 bits per heavy atom. The van der Waals surface area contributed by atoms with Crippen molar-refractivity contribution in [1.29, 1.82) is 0 Å². The van der Waals surface area contributed by atoms with E-state index in [-0.39, 0.29) is 19.7 Å². The van der Waals surface area contributed by atoms with Crippen LogP contribution in [0.15, 0.2) is 17.0 Å². The van der Waals surface area contributed by atoms with E-state index in [2.05, 4.69) is 21.0 Å². The van der Waals surface area contributed by atoms with Crippen LogP contribution >= 0.6 is 0 Å². The maximum Gasteiger partial charge on any atom is 0.182 e. The fraction of sp³-hybridized carbons (Fsp3) is 0.818. The van der Waals surface area contributed by atoms with Crippen molar-refractivity contribution in [2.75, 3.05) is 26.3 Å². The summed E-state index contributed by atoms with van der Waals surface area (Å²) in [6.45, 7) is -0.0872. The second-order valence-electron chi connectivity index (χ2n) is 5.03. The number of aliphatic hydroxyl groups excluding tert-OH is 3. The molecule has 130 valence electrons. The van der Waals surface area contributed by atoms with E-state index >= 15 is 0 Å². The Labute approximate surface area is 132 Å². The summed E-state index contributed by atoms with van der Waals surface area (Å²) < 4.78 is 11.0. The summed E-state index contributed by atoms with van der Waals surface area (Å²) in [6.07, 6.45) is -2.89. The number of rotatable bonds is 7. The molecule has 0 bridgehead atoms. The molecule has 0 aromatic rings. The first-order chi connectivity index (χ1) is 11.1. The van der Waals surface area contributed by atoms with Gasteiger partial charge in [0, 0.05) is 24.2 Å². The quantitative estimate of drug-likeness (QED) is 0.125. The predicted molar refractivity (Wildman–Crippen MR) is 76.8 cm³/mol. The summed E-state index contributed by atoms with van der Waals surface area (Å²) >= 11 is 0. The zero-order chi connectivity index (χ0) is 16.8. The minimum Gasteiger partial charge on any atom is -0.394 e. The van der Waals surface area contributed by atoms with Crippen molar-refractivity contribution in [3.05, 3.63) is 22.3 Å². The second-order valence-corrected chi connectivity index (χ2v) is 5.03. The third-order valence-corrected chi connectivity index (χ3v) is 3.57. The van der Waals surface area contributed by atoms with Crippen LogP contribution in [0, 0.1) is 0 Å². The molecule has 2 aliphatic rings. The fourth-order valence-corrected chi connectivity index (χ4v) is 2.39. The molecule has 0 spiro atoms. The van der Waals surface area contributed by atoms with Crippen molar-refractivity contribution in [2.45, 2.75) is 30.6 Å². The molecule has 1 fully saturated rings. The predicted octanol–water partition coefficient (Wildman–Crippen LogP) is -2.75. The highest BCUT2D eigenvalue weighted by atomic mass is 16.7. The minimum atomic E-state index is -1.29. The van der Waals surface area contributed by atoms with Crippen LogP contribution in [-0.2, 0) is 9.47 Å². The molecule has 0 saturated carbocycles. The van der Waals surface area contributed by atoms with Crippen LogP contribution in [0.2, 0.25) is 0 Å². The Kier molecular flexibility index (Phi) is 6.38. The SMILES string of the molecule is [N-]=[N+]=NCCO[C@H]1OC(CO)[C@@H](O)[C@H](O)C1N1C=C(CN)NN1. The number of nitrogens with two attached hydrogens (primary N) is 1. The first-order valence-electron chi connectivity index (χ1n) is 7.08. The number of aliphatic hydroxyl groups is 3. The molecular formula is C11H21N7O5. The normalized spacial score (nSPS) is 33.8. The number of hydrogen-bond donors (Lipinski definition) is 6. The van der Waals surface area contributed by atoms with Crippen LogP contribution < -0.4 is 16.7 Å². The molecule has 7 N–H and O–H groups in total. The molecular weight excluding hydrogens is 310 g/mol. The van der Waals surface area contributed by atoms with Crippen molar-refractivity contribution >= 4 is 0 Å². The smallest absolute Gasteiger partial charge is 0.182 e. The highest BCUT2D eigenvalue weighted by Crippen LogP contribution is 2.26. The summed E-state index contributed by atoms with van der Waals surface area (Å²) in [6, 6.07) is -0.810.